The molecule has 0 aliphatic heterocycles. The van der Waals surface area contributed by atoms with E-state index < -0.39 is 0 Å². The summed E-state index contributed by atoms with van der Waals surface area (Å²) in [7, 11) is 0. The fraction of sp³-hybridized carbons (Fsp3) is 0. The van der Waals surface area contributed by atoms with Gasteiger partial charge in [-0.2, -0.15) is 0 Å². The molecule has 0 rings (SSSR count). The van der Waals surface area contributed by atoms with Crippen molar-refractivity contribution in [1.82, 2.24) is 0 Å². The monoisotopic (exact) mass is 277 g/mol. The fourth-order valence-corrected chi connectivity index (χ4v) is 0. The van der Waals surface area contributed by atoms with Gasteiger partial charge in [0.2, 0.25) is 0 Å². The van der Waals surface area contributed by atoms with Crippen molar-refractivity contribution in [2.45, 2.75) is 0 Å². The van der Waals surface area contributed by atoms with Gasteiger partial charge in [0.25, 0.3) is 0 Å². The van der Waals surface area contributed by atoms with E-state index in [9.17, 15) is 0 Å². The van der Waals surface area contributed by atoms with Crippen LogP contribution in [0.1, 0.15) is 0 Å². The molecule has 0 aromatic heterocycles. The van der Waals surface area contributed by atoms with Crippen LogP contribution in [0, 0.1) is 0 Å². The third-order valence-corrected chi connectivity index (χ3v) is 0. The zero-order valence-electron chi connectivity index (χ0n) is 1.21. The Morgan fingerprint density at radius 1 is 1.00 bits per heavy atom. The summed E-state index contributed by atoms with van der Waals surface area (Å²) in [6, 6.07) is 0. The van der Waals surface area contributed by atoms with E-state index in [1.807, 2.05) is 0 Å². The van der Waals surface area contributed by atoms with Gasteiger partial charge in [0, 0.05) is 60.5 Å². The third-order valence-electron chi connectivity index (χ3n) is 0. The van der Waals surface area contributed by atoms with Gasteiger partial charge in [-0.15, -0.1) is 0 Å². The minimum atomic E-state index is 0. The van der Waals surface area contributed by atoms with Gasteiger partial charge in [0.1, 0.15) is 0 Å². The van der Waals surface area contributed by atoms with Gasteiger partial charge in [0.05, 0.1) is 0 Å². The second-order valence-corrected chi connectivity index (χ2v) is 0. The largest absolute Gasteiger partial charge is 0.187 e. The van der Waals surface area contributed by atoms with E-state index in [1.165, 1.54) is 0 Å². The molecule has 0 aliphatic rings. The van der Waals surface area contributed by atoms with Crippen LogP contribution in [0.3, 0.4) is 0 Å². The SMILES string of the molecule is [AlH3].[Fe].[Mo].[Nb]. The summed E-state index contributed by atoms with van der Waals surface area (Å²) in [5.74, 6) is 0. The molecule has 0 spiro atoms. The molecule has 1 radical (unpaired) electrons. The molecule has 0 heterocycles. The van der Waals surface area contributed by atoms with Crippen molar-refractivity contribution in [3.63, 3.8) is 0 Å². The second kappa shape index (κ2) is 17.9. The molecule has 0 aromatic rings. The van der Waals surface area contributed by atoms with Crippen molar-refractivity contribution in [2.75, 3.05) is 0 Å². The van der Waals surface area contributed by atoms with Crippen LogP contribution < -0.4 is 0 Å². The van der Waals surface area contributed by atoms with Crippen LogP contribution in [0.15, 0.2) is 0 Å². The zero-order chi connectivity index (χ0) is 0. The Balaban J connectivity index is 0. The Morgan fingerprint density at radius 3 is 1.00 bits per heavy atom. The van der Waals surface area contributed by atoms with Crippen LogP contribution >= 0.6 is 0 Å². The van der Waals surface area contributed by atoms with Gasteiger partial charge < -0.3 is 0 Å². The molecular formula is H3AlFeMoNb. The van der Waals surface area contributed by atoms with Gasteiger partial charge in [-0.3, -0.25) is 0 Å². The Hall–Kier alpha value is 2.48. The molecule has 0 saturated carbocycles. The van der Waals surface area contributed by atoms with Crippen LogP contribution in [0.4, 0.5) is 0 Å². The van der Waals surface area contributed by atoms with Gasteiger partial charge in [0.15, 0.2) is 17.4 Å². The molecule has 0 saturated heterocycles. The average Bonchev–Trinajstić information content (AvgIpc) is 0. The third kappa shape index (κ3) is 8.82. The summed E-state index contributed by atoms with van der Waals surface area (Å²) in [4.78, 5) is 0. The van der Waals surface area contributed by atoms with Crippen molar-refractivity contribution in [3.05, 3.63) is 0 Å². The Labute approximate surface area is 76.9 Å². The van der Waals surface area contributed by atoms with Crippen LogP contribution in [-0.4, -0.2) is 17.4 Å². The van der Waals surface area contributed by atoms with E-state index in [4.69, 9.17) is 0 Å². The minimum Gasteiger partial charge on any atom is 0 e. The van der Waals surface area contributed by atoms with Crippen LogP contribution in [0.25, 0.3) is 0 Å². The first-order chi connectivity index (χ1) is 0. The smallest absolute Gasteiger partial charge is 0 e. The normalized spacial score (nSPS) is 0. The van der Waals surface area contributed by atoms with Gasteiger partial charge >= 0.3 is 0 Å². The maximum absolute atomic E-state index is 0. The second-order valence-electron chi connectivity index (χ2n) is 0. The molecule has 25 valence electrons. The molecule has 4 heavy (non-hydrogen) atoms. The first-order valence-corrected chi connectivity index (χ1v) is 0. The molecule has 0 nitrogen and oxygen atoms in total. The molecule has 0 amide bonds. The Morgan fingerprint density at radius 2 is 1.00 bits per heavy atom. The van der Waals surface area contributed by atoms with Crippen LogP contribution in [0.5, 0.6) is 0 Å². The standard InChI is InChI=1S/Al.Fe.Mo.Nb.3H. The van der Waals surface area contributed by atoms with Gasteiger partial charge in [-0.05, 0) is 0 Å². The molecular weight excluding hydrogens is 272 g/mol. The Bertz CT molecular complexity index is 8.00. The van der Waals surface area contributed by atoms with E-state index >= 15 is 0 Å². The van der Waals surface area contributed by atoms with Crippen molar-refractivity contribution < 1.29 is 60.5 Å². The van der Waals surface area contributed by atoms with Gasteiger partial charge in [-0.1, -0.05) is 0 Å². The van der Waals surface area contributed by atoms with Crippen molar-refractivity contribution >= 4 is 17.4 Å². The molecule has 0 aromatic carbocycles. The summed E-state index contributed by atoms with van der Waals surface area (Å²) < 4.78 is 0. The van der Waals surface area contributed by atoms with Crippen molar-refractivity contribution in [3.8, 4) is 0 Å². The summed E-state index contributed by atoms with van der Waals surface area (Å²) in [6.07, 6.45) is 0. The number of hydrogen-bond donors (Lipinski definition) is 0. The topological polar surface area (TPSA) is 0 Å². The predicted molar refractivity (Wildman–Crippen MR) is 9.94 cm³/mol. The summed E-state index contributed by atoms with van der Waals surface area (Å²) in [5.41, 5.74) is 0. The predicted octanol–water partition coefficient (Wildman–Crippen LogP) is -1.19. The average molecular weight is 275 g/mol. The fourth-order valence-electron chi connectivity index (χ4n) is 0. The first-order valence-electron chi connectivity index (χ1n) is 0. The van der Waals surface area contributed by atoms with Gasteiger partial charge in [-0.25, -0.2) is 0 Å². The maximum atomic E-state index is 0. The molecule has 0 unspecified atom stereocenters. The zero-order valence-corrected chi connectivity index (χ0v) is 6.52. The quantitative estimate of drug-likeness (QED) is 0.488. The molecule has 0 atom stereocenters. The van der Waals surface area contributed by atoms with Crippen LogP contribution in [0.2, 0.25) is 0 Å². The number of hydrogen-bond acceptors (Lipinski definition) is 0. The van der Waals surface area contributed by atoms with E-state index in [0.29, 0.717) is 0 Å². The maximum Gasteiger partial charge on any atom is 0.187 e. The molecule has 0 fully saturated rings. The number of rotatable bonds is 0. The van der Waals surface area contributed by atoms with E-state index in [1.54, 1.807) is 0 Å². The minimum absolute atomic E-state index is 0. The van der Waals surface area contributed by atoms with E-state index in [0.717, 1.165) is 0 Å². The molecule has 0 bridgehead atoms. The van der Waals surface area contributed by atoms with Crippen molar-refractivity contribution in [2.24, 2.45) is 0 Å². The summed E-state index contributed by atoms with van der Waals surface area (Å²) >= 11 is 0. The van der Waals surface area contributed by atoms with Crippen molar-refractivity contribution in [1.29, 1.82) is 0 Å². The summed E-state index contributed by atoms with van der Waals surface area (Å²) in [5, 5.41) is 0. The molecule has 0 N–H and O–H groups in total. The molecule has 4 heteroatoms. The summed E-state index contributed by atoms with van der Waals surface area (Å²) in [6.45, 7) is 0. The van der Waals surface area contributed by atoms with Crippen LogP contribution in [-0.2, 0) is 60.5 Å². The first kappa shape index (κ1) is 31.6. The van der Waals surface area contributed by atoms with E-state index in [-0.39, 0.29) is 77.9 Å². The molecule has 0 aliphatic carbocycles. The van der Waals surface area contributed by atoms with E-state index in [2.05, 4.69) is 0 Å². The Kier molecular flexibility index (Phi) is 141.